The van der Waals surface area contributed by atoms with Crippen molar-refractivity contribution in [2.24, 2.45) is 4.99 Å². The van der Waals surface area contributed by atoms with Gasteiger partial charge in [-0.05, 0) is 24.2 Å². The normalized spacial score (nSPS) is 18.2. The minimum atomic E-state index is -0.379. The topological polar surface area (TPSA) is 79.6 Å². The molecule has 1 unspecified atom stereocenters. The highest BCUT2D eigenvalue weighted by molar-refractivity contribution is 14.0. The van der Waals surface area contributed by atoms with E-state index in [1.54, 1.807) is 19.2 Å². The third-order valence-corrected chi connectivity index (χ3v) is 4.52. The van der Waals surface area contributed by atoms with Crippen molar-refractivity contribution in [3.8, 4) is 0 Å². The molecule has 6 nitrogen and oxygen atoms in total. The van der Waals surface area contributed by atoms with Gasteiger partial charge in [0.2, 0.25) is 0 Å². The monoisotopic (exact) mass is 436 g/mol. The quantitative estimate of drug-likeness (QED) is 0.250. The molecule has 1 aliphatic heterocycles. The van der Waals surface area contributed by atoms with Crippen LogP contribution in [0.1, 0.15) is 18.4 Å². The van der Waals surface area contributed by atoms with Crippen LogP contribution < -0.4 is 10.6 Å². The Labute approximate surface area is 151 Å². The standard InChI is InChI=1S/C14H20N4O2S.HI/c1-15-14(17-12-5-3-7-21-10-12)16-9-11-4-2-6-13(8-11)18(19)20;/h2,4,6,8,12H,3,5,7,9-10H2,1H3,(H2,15,16,17);1H. The molecule has 0 radical (unpaired) electrons. The summed E-state index contributed by atoms with van der Waals surface area (Å²) in [7, 11) is 1.73. The molecule has 122 valence electrons. The molecule has 2 rings (SSSR count). The summed E-state index contributed by atoms with van der Waals surface area (Å²) < 4.78 is 0. The summed E-state index contributed by atoms with van der Waals surface area (Å²) >= 11 is 1.95. The first-order valence-corrected chi connectivity index (χ1v) is 8.13. The zero-order valence-electron chi connectivity index (χ0n) is 12.4. The molecular formula is C14H21IN4O2S. The van der Waals surface area contributed by atoms with Crippen molar-refractivity contribution in [3.63, 3.8) is 0 Å². The zero-order valence-corrected chi connectivity index (χ0v) is 15.6. The van der Waals surface area contributed by atoms with E-state index >= 15 is 0 Å². The van der Waals surface area contributed by atoms with Gasteiger partial charge in [0, 0.05) is 37.5 Å². The largest absolute Gasteiger partial charge is 0.353 e. The van der Waals surface area contributed by atoms with Crippen molar-refractivity contribution < 1.29 is 4.92 Å². The van der Waals surface area contributed by atoms with Crippen molar-refractivity contribution in [2.75, 3.05) is 18.6 Å². The van der Waals surface area contributed by atoms with E-state index in [2.05, 4.69) is 15.6 Å². The molecule has 1 saturated heterocycles. The lowest BCUT2D eigenvalue weighted by atomic mass is 10.2. The van der Waals surface area contributed by atoms with Gasteiger partial charge in [-0.3, -0.25) is 15.1 Å². The van der Waals surface area contributed by atoms with Gasteiger partial charge in [-0.25, -0.2) is 0 Å². The summed E-state index contributed by atoms with van der Waals surface area (Å²) in [6.45, 7) is 0.515. The van der Waals surface area contributed by atoms with Gasteiger partial charge < -0.3 is 10.6 Å². The molecule has 1 atom stereocenters. The molecular weight excluding hydrogens is 415 g/mol. The van der Waals surface area contributed by atoms with E-state index < -0.39 is 0 Å². The number of nitro groups is 1. The Morgan fingerprint density at radius 2 is 2.36 bits per heavy atom. The van der Waals surface area contributed by atoms with Crippen molar-refractivity contribution in [1.82, 2.24) is 10.6 Å². The van der Waals surface area contributed by atoms with Crippen molar-refractivity contribution >= 4 is 47.4 Å². The molecule has 2 N–H and O–H groups in total. The van der Waals surface area contributed by atoms with Crippen LogP contribution in [0.25, 0.3) is 0 Å². The third-order valence-electron chi connectivity index (χ3n) is 3.31. The molecule has 1 fully saturated rings. The van der Waals surface area contributed by atoms with E-state index in [0.717, 1.165) is 23.7 Å². The van der Waals surface area contributed by atoms with Crippen LogP contribution in [0.5, 0.6) is 0 Å². The average molecular weight is 436 g/mol. The zero-order chi connectivity index (χ0) is 15.1. The summed E-state index contributed by atoms with van der Waals surface area (Å²) in [6, 6.07) is 7.08. The van der Waals surface area contributed by atoms with Gasteiger partial charge in [0.15, 0.2) is 5.96 Å². The number of guanidine groups is 1. The van der Waals surface area contributed by atoms with Crippen LogP contribution in [-0.4, -0.2) is 35.5 Å². The van der Waals surface area contributed by atoms with Crippen molar-refractivity contribution in [2.45, 2.75) is 25.4 Å². The maximum absolute atomic E-state index is 10.8. The number of benzene rings is 1. The van der Waals surface area contributed by atoms with Gasteiger partial charge in [-0.2, -0.15) is 11.8 Å². The highest BCUT2D eigenvalue weighted by Crippen LogP contribution is 2.17. The number of nitrogens with one attached hydrogen (secondary N) is 2. The molecule has 0 amide bonds. The van der Waals surface area contributed by atoms with Crippen LogP contribution >= 0.6 is 35.7 Å². The fraction of sp³-hybridized carbons (Fsp3) is 0.500. The number of thioether (sulfide) groups is 1. The minimum Gasteiger partial charge on any atom is -0.353 e. The molecule has 8 heteroatoms. The molecule has 0 aromatic heterocycles. The first-order chi connectivity index (χ1) is 10.2. The lowest BCUT2D eigenvalue weighted by Gasteiger charge is -2.24. The predicted molar refractivity (Wildman–Crippen MR) is 102 cm³/mol. The lowest BCUT2D eigenvalue weighted by Crippen LogP contribution is -2.45. The Balaban J connectivity index is 0.00000242. The molecule has 22 heavy (non-hydrogen) atoms. The number of halogens is 1. The average Bonchev–Trinajstić information content (AvgIpc) is 2.52. The van der Waals surface area contributed by atoms with Gasteiger partial charge in [-0.15, -0.1) is 24.0 Å². The summed E-state index contributed by atoms with van der Waals surface area (Å²) in [4.78, 5) is 14.6. The number of hydrogen-bond acceptors (Lipinski definition) is 4. The number of non-ortho nitro benzene ring substituents is 1. The Hall–Kier alpha value is -1.03. The lowest BCUT2D eigenvalue weighted by molar-refractivity contribution is -0.384. The summed E-state index contributed by atoms with van der Waals surface area (Å²) in [6.07, 6.45) is 2.38. The highest BCUT2D eigenvalue weighted by atomic mass is 127. The van der Waals surface area contributed by atoms with Gasteiger partial charge >= 0.3 is 0 Å². The second kappa shape index (κ2) is 9.88. The van der Waals surface area contributed by atoms with E-state index in [-0.39, 0.29) is 34.6 Å². The maximum Gasteiger partial charge on any atom is 0.269 e. The van der Waals surface area contributed by atoms with E-state index in [0.29, 0.717) is 12.6 Å². The number of nitro benzene ring substituents is 1. The van der Waals surface area contributed by atoms with E-state index in [4.69, 9.17) is 0 Å². The molecule has 0 aliphatic carbocycles. The van der Waals surface area contributed by atoms with Crippen molar-refractivity contribution in [3.05, 3.63) is 39.9 Å². The van der Waals surface area contributed by atoms with Gasteiger partial charge in [0.1, 0.15) is 0 Å². The Morgan fingerprint density at radius 1 is 1.55 bits per heavy atom. The SMILES string of the molecule is CN=C(NCc1cccc([N+](=O)[O-])c1)NC1CCCSC1.I. The second-order valence-electron chi connectivity index (χ2n) is 4.91. The van der Waals surface area contributed by atoms with Gasteiger partial charge in [-0.1, -0.05) is 12.1 Å². The Bertz CT molecular complexity index is 521. The fourth-order valence-electron chi connectivity index (χ4n) is 2.21. The maximum atomic E-state index is 10.8. The fourth-order valence-corrected chi connectivity index (χ4v) is 3.28. The summed E-state index contributed by atoms with van der Waals surface area (Å²) in [5.41, 5.74) is 0.978. The molecule has 1 aliphatic rings. The van der Waals surface area contributed by atoms with E-state index in [1.165, 1.54) is 18.2 Å². The number of aliphatic imine (C=N–C) groups is 1. The number of nitrogens with zero attached hydrogens (tertiary/aromatic N) is 2. The number of rotatable bonds is 4. The highest BCUT2D eigenvalue weighted by Gasteiger charge is 2.14. The van der Waals surface area contributed by atoms with Crippen LogP contribution in [0.3, 0.4) is 0 Å². The van der Waals surface area contributed by atoms with Crippen LogP contribution in [0.2, 0.25) is 0 Å². The van der Waals surface area contributed by atoms with E-state index in [1.807, 2.05) is 17.8 Å². The molecule has 0 saturated carbocycles. The van der Waals surface area contributed by atoms with E-state index in [9.17, 15) is 10.1 Å². The smallest absolute Gasteiger partial charge is 0.269 e. The first kappa shape index (κ1) is 19.0. The van der Waals surface area contributed by atoms with Gasteiger partial charge in [0.05, 0.1) is 4.92 Å². The molecule has 1 aromatic rings. The first-order valence-electron chi connectivity index (χ1n) is 6.97. The van der Waals surface area contributed by atoms with Crippen molar-refractivity contribution in [1.29, 1.82) is 0 Å². The van der Waals surface area contributed by atoms with Crippen LogP contribution in [-0.2, 0) is 6.54 Å². The van der Waals surface area contributed by atoms with Crippen LogP contribution in [0, 0.1) is 10.1 Å². The Kier molecular flexibility index (Phi) is 8.54. The molecule has 1 heterocycles. The minimum absolute atomic E-state index is 0. The third kappa shape index (κ3) is 5.99. The van der Waals surface area contributed by atoms with Crippen LogP contribution in [0.4, 0.5) is 5.69 Å². The molecule has 1 aromatic carbocycles. The molecule has 0 spiro atoms. The number of hydrogen-bond donors (Lipinski definition) is 2. The second-order valence-corrected chi connectivity index (χ2v) is 6.06. The van der Waals surface area contributed by atoms with Gasteiger partial charge in [0.25, 0.3) is 5.69 Å². The summed E-state index contributed by atoms with van der Waals surface area (Å²) in [5, 5.41) is 17.4. The summed E-state index contributed by atoms with van der Waals surface area (Å²) in [5.74, 6) is 3.07. The molecule has 0 bridgehead atoms. The predicted octanol–water partition coefficient (Wildman–Crippen LogP) is 2.77. The van der Waals surface area contributed by atoms with Crippen LogP contribution in [0.15, 0.2) is 29.3 Å². The Morgan fingerprint density at radius 3 is 3.00 bits per heavy atom.